The topological polar surface area (TPSA) is 36.1 Å². The van der Waals surface area contributed by atoms with Crippen molar-refractivity contribution in [2.75, 3.05) is 7.05 Å². The van der Waals surface area contributed by atoms with Crippen molar-refractivity contribution in [2.45, 2.75) is 19.4 Å². The number of nitrogens with one attached hydrogen (secondary N) is 1. The average molecular weight is 252 g/mol. The van der Waals surface area contributed by atoms with Gasteiger partial charge in [0, 0.05) is 37.6 Å². The Kier molecular flexibility index (Phi) is 3.07. The predicted molar refractivity (Wildman–Crippen MR) is 65.4 cm³/mol. The normalized spacial score (nSPS) is 11.8. The van der Waals surface area contributed by atoms with E-state index in [1.807, 2.05) is 24.3 Å². The number of fused-ring (bicyclic) bond motifs is 1. The number of carbonyl (C=O) groups is 1. The second-order valence-electron chi connectivity index (χ2n) is 4.41. The van der Waals surface area contributed by atoms with E-state index in [4.69, 9.17) is 0 Å². The first-order valence-corrected chi connectivity index (χ1v) is 5.58. The van der Waals surface area contributed by atoms with E-state index >= 15 is 0 Å². The second kappa shape index (κ2) is 4.40. The summed E-state index contributed by atoms with van der Waals surface area (Å²) in [5, 5.41) is 0.941. The molecule has 0 aliphatic rings. The molecular weight excluding hydrogens is 238 g/mol. The van der Waals surface area contributed by atoms with Crippen LogP contribution >= 0.6 is 0 Å². The first-order valence-electron chi connectivity index (χ1n) is 5.58. The minimum absolute atomic E-state index is 0.164. The number of rotatable bonds is 3. The van der Waals surface area contributed by atoms with E-state index in [2.05, 4.69) is 4.98 Å². The fourth-order valence-electron chi connectivity index (χ4n) is 1.95. The molecule has 1 N–H and O–H groups in total. The highest BCUT2D eigenvalue weighted by molar-refractivity contribution is 5.85. The zero-order valence-corrected chi connectivity index (χ0v) is 10.2. The molecule has 0 unspecified atom stereocenters. The Balaban J connectivity index is 2.24. The average Bonchev–Trinajstić information content (AvgIpc) is 2.75. The van der Waals surface area contributed by atoms with Crippen LogP contribution in [0.3, 0.4) is 0 Å². The number of nitrogens with zero attached hydrogens (tertiary/aromatic N) is 1. The van der Waals surface area contributed by atoms with Crippen molar-refractivity contribution in [3.05, 3.63) is 36.0 Å². The second-order valence-corrected chi connectivity index (χ2v) is 4.41. The lowest BCUT2D eigenvalue weighted by atomic mass is 10.1. The third-order valence-corrected chi connectivity index (χ3v) is 2.82. The molecule has 1 heterocycles. The van der Waals surface area contributed by atoms with E-state index in [1.165, 1.54) is 7.05 Å². The third-order valence-electron chi connectivity index (χ3n) is 2.82. The Morgan fingerprint density at radius 2 is 2.11 bits per heavy atom. The van der Waals surface area contributed by atoms with Crippen LogP contribution in [0, 0.1) is 0 Å². The van der Waals surface area contributed by atoms with Gasteiger partial charge in [-0.2, -0.15) is 8.78 Å². The van der Waals surface area contributed by atoms with E-state index in [1.54, 1.807) is 6.20 Å². The number of hydrogen-bond acceptors (Lipinski definition) is 1. The molecular formula is C13H14F2N2O. The number of halogens is 2. The highest BCUT2D eigenvalue weighted by Gasteiger charge is 2.35. The number of alkyl halides is 2. The molecule has 2 aromatic rings. The zero-order chi connectivity index (χ0) is 13.3. The molecule has 0 aliphatic carbocycles. The van der Waals surface area contributed by atoms with Crippen LogP contribution < -0.4 is 0 Å². The lowest BCUT2D eigenvalue weighted by Crippen LogP contribution is -2.38. The molecule has 0 fully saturated rings. The summed E-state index contributed by atoms with van der Waals surface area (Å²) in [6, 6.07) is 7.42. The Labute approximate surface area is 103 Å². The van der Waals surface area contributed by atoms with Crippen molar-refractivity contribution >= 4 is 16.8 Å². The van der Waals surface area contributed by atoms with E-state index < -0.39 is 11.8 Å². The minimum Gasteiger partial charge on any atom is -0.361 e. The molecule has 2 rings (SSSR count). The summed E-state index contributed by atoms with van der Waals surface area (Å²) < 4.78 is 25.9. The first-order chi connectivity index (χ1) is 8.39. The molecule has 0 saturated carbocycles. The third kappa shape index (κ3) is 2.34. The van der Waals surface area contributed by atoms with E-state index in [-0.39, 0.29) is 6.54 Å². The zero-order valence-electron chi connectivity index (χ0n) is 10.2. The highest BCUT2D eigenvalue weighted by Crippen LogP contribution is 2.21. The number of aromatic amines is 1. The van der Waals surface area contributed by atoms with Crippen molar-refractivity contribution in [2.24, 2.45) is 0 Å². The lowest BCUT2D eigenvalue weighted by molar-refractivity contribution is -0.153. The van der Waals surface area contributed by atoms with E-state index in [9.17, 15) is 13.6 Å². The van der Waals surface area contributed by atoms with Gasteiger partial charge in [-0.1, -0.05) is 12.1 Å². The molecule has 0 atom stereocenters. The molecule has 0 radical (unpaired) electrons. The van der Waals surface area contributed by atoms with Crippen LogP contribution in [0.1, 0.15) is 12.5 Å². The summed E-state index contributed by atoms with van der Waals surface area (Å²) in [6.07, 6.45) is 1.78. The van der Waals surface area contributed by atoms with Gasteiger partial charge in [-0.25, -0.2) is 0 Å². The summed E-state index contributed by atoms with van der Waals surface area (Å²) in [5.74, 6) is -4.50. The standard InChI is InChI=1S/C13H14F2N2O/c1-13(14,15)12(18)17(2)8-9-4-3-5-11-10(9)6-7-16-11/h3-7,16H,8H2,1-2H3. The molecule has 5 heteroatoms. The molecule has 0 saturated heterocycles. The van der Waals surface area contributed by atoms with Crippen molar-refractivity contribution in [1.82, 2.24) is 9.88 Å². The van der Waals surface area contributed by atoms with Gasteiger partial charge in [-0.3, -0.25) is 4.79 Å². The Hall–Kier alpha value is -1.91. The van der Waals surface area contributed by atoms with Crippen molar-refractivity contribution < 1.29 is 13.6 Å². The van der Waals surface area contributed by atoms with Gasteiger partial charge in [0.05, 0.1) is 0 Å². The molecule has 18 heavy (non-hydrogen) atoms. The van der Waals surface area contributed by atoms with Crippen LogP contribution in [-0.4, -0.2) is 28.8 Å². The number of amides is 1. The van der Waals surface area contributed by atoms with Crippen LogP contribution in [0.4, 0.5) is 8.78 Å². The van der Waals surface area contributed by atoms with Crippen LogP contribution in [0.5, 0.6) is 0 Å². The van der Waals surface area contributed by atoms with Gasteiger partial charge in [0.2, 0.25) is 0 Å². The molecule has 3 nitrogen and oxygen atoms in total. The Morgan fingerprint density at radius 3 is 2.78 bits per heavy atom. The molecule has 1 aromatic heterocycles. The Bertz CT molecular complexity index is 572. The maximum Gasteiger partial charge on any atom is 0.322 e. The number of hydrogen-bond donors (Lipinski definition) is 1. The maximum atomic E-state index is 12.9. The minimum atomic E-state index is -3.33. The lowest BCUT2D eigenvalue weighted by Gasteiger charge is -2.21. The van der Waals surface area contributed by atoms with Crippen LogP contribution in [0.2, 0.25) is 0 Å². The fourth-order valence-corrected chi connectivity index (χ4v) is 1.95. The van der Waals surface area contributed by atoms with Gasteiger partial charge >= 0.3 is 5.92 Å². The summed E-state index contributed by atoms with van der Waals surface area (Å²) in [7, 11) is 1.38. The molecule has 96 valence electrons. The van der Waals surface area contributed by atoms with Crippen molar-refractivity contribution in [1.29, 1.82) is 0 Å². The summed E-state index contributed by atoms with van der Waals surface area (Å²) in [5.41, 5.74) is 1.77. The summed E-state index contributed by atoms with van der Waals surface area (Å²) in [4.78, 5) is 15.5. The van der Waals surface area contributed by atoms with Gasteiger partial charge in [-0.05, 0) is 17.7 Å². The predicted octanol–water partition coefficient (Wildman–Crippen LogP) is 2.78. The molecule has 0 aliphatic heterocycles. The van der Waals surface area contributed by atoms with Crippen LogP contribution in [0.15, 0.2) is 30.5 Å². The van der Waals surface area contributed by atoms with Gasteiger partial charge in [0.25, 0.3) is 5.91 Å². The monoisotopic (exact) mass is 252 g/mol. The number of aromatic nitrogens is 1. The smallest absolute Gasteiger partial charge is 0.322 e. The fraction of sp³-hybridized carbons (Fsp3) is 0.308. The highest BCUT2D eigenvalue weighted by atomic mass is 19.3. The number of carbonyl (C=O) groups excluding carboxylic acids is 1. The summed E-state index contributed by atoms with van der Waals surface area (Å²) >= 11 is 0. The van der Waals surface area contributed by atoms with Crippen LogP contribution in [-0.2, 0) is 11.3 Å². The first kappa shape index (κ1) is 12.5. The van der Waals surface area contributed by atoms with Gasteiger partial charge in [0.15, 0.2) is 0 Å². The molecule has 0 bridgehead atoms. The summed E-state index contributed by atoms with van der Waals surface area (Å²) in [6.45, 7) is 0.778. The SMILES string of the molecule is CN(Cc1cccc2[nH]ccc12)C(=O)C(C)(F)F. The number of benzene rings is 1. The molecule has 1 amide bonds. The van der Waals surface area contributed by atoms with E-state index in [0.29, 0.717) is 6.92 Å². The van der Waals surface area contributed by atoms with Gasteiger partial charge in [-0.15, -0.1) is 0 Å². The van der Waals surface area contributed by atoms with Crippen molar-refractivity contribution in [3.63, 3.8) is 0 Å². The van der Waals surface area contributed by atoms with Crippen molar-refractivity contribution in [3.8, 4) is 0 Å². The maximum absolute atomic E-state index is 12.9. The van der Waals surface area contributed by atoms with Gasteiger partial charge in [0.1, 0.15) is 0 Å². The van der Waals surface area contributed by atoms with E-state index in [0.717, 1.165) is 21.4 Å². The Morgan fingerprint density at radius 1 is 1.39 bits per heavy atom. The van der Waals surface area contributed by atoms with Crippen LogP contribution in [0.25, 0.3) is 10.9 Å². The quantitative estimate of drug-likeness (QED) is 0.895. The molecule has 0 spiro atoms. The number of H-pyrrole nitrogens is 1. The van der Waals surface area contributed by atoms with Gasteiger partial charge < -0.3 is 9.88 Å². The molecule has 1 aromatic carbocycles. The largest absolute Gasteiger partial charge is 0.361 e.